The number of benzene rings is 2. The first-order chi connectivity index (χ1) is 19.0. The Kier molecular flexibility index (Phi) is 6.26. The van der Waals surface area contributed by atoms with Crippen molar-refractivity contribution < 1.29 is 18.4 Å². The number of pyridine rings is 1. The van der Waals surface area contributed by atoms with Gasteiger partial charge in [-0.2, -0.15) is 0 Å². The van der Waals surface area contributed by atoms with Crippen LogP contribution in [0.5, 0.6) is 11.5 Å². The molecule has 198 valence electrons. The van der Waals surface area contributed by atoms with Crippen LogP contribution in [-0.4, -0.2) is 26.6 Å². The summed E-state index contributed by atoms with van der Waals surface area (Å²) in [5, 5.41) is 3.89. The summed E-state index contributed by atoms with van der Waals surface area (Å²) >= 11 is 0. The number of ether oxygens (including phenoxy) is 2. The number of aromatic nitrogens is 4. The number of fused-ring (bicyclic) bond motifs is 3. The molecule has 0 amide bonds. The van der Waals surface area contributed by atoms with Crippen LogP contribution in [0.15, 0.2) is 64.0 Å². The minimum Gasteiger partial charge on any atom is -0.493 e. The SMILES string of the molecule is CCCc1nc2c(OC)cccn2c1Cc1ccc2c(c1)COc1cc(F)ccc1C2=C(C)c1noc(=O)[nH]1. The Morgan fingerprint density at radius 1 is 1.18 bits per heavy atom. The third kappa shape index (κ3) is 4.39. The summed E-state index contributed by atoms with van der Waals surface area (Å²) in [5.74, 6) is 0.437. The molecule has 0 radical (unpaired) electrons. The zero-order chi connectivity index (χ0) is 27.1. The maximum atomic E-state index is 14.2. The molecule has 1 aliphatic heterocycles. The van der Waals surface area contributed by atoms with Crippen molar-refractivity contribution in [2.24, 2.45) is 0 Å². The number of hydrogen-bond donors (Lipinski definition) is 1. The fraction of sp³-hybridized carbons (Fsp3) is 0.233. The topological polar surface area (TPSA) is 94.7 Å². The molecule has 0 fully saturated rings. The minimum absolute atomic E-state index is 0.258. The monoisotopic (exact) mass is 526 g/mol. The van der Waals surface area contributed by atoms with E-state index < -0.39 is 11.6 Å². The number of H-pyrrole nitrogens is 1. The van der Waals surface area contributed by atoms with Crippen LogP contribution in [0.2, 0.25) is 0 Å². The van der Waals surface area contributed by atoms with Crippen molar-refractivity contribution in [2.75, 3.05) is 7.11 Å². The van der Waals surface area contributed by atoms with E-state index in [1.807, 2.05) is 31.3 Å². The van der Waals surface area contributed by atoms with E-state index in [0.717, 1.165) is 57.9 Å². The summed E-state index contributed by atoms with van der Waals surface area (Å²) in [6, 6.07) is 14.6. The number of halogens is 1. The lowest BCUT2D eigenvalue weighted by Gasteiger charge is -2.14. The van der Waals surface area contributed by atoms with E-state index in [9.17, 15) is 9.18 Å². The van der Waals surface area contributed by atoms with Crippen LogP contribution < -0.4 is 15.2 Å². The van der Waals surface area contributed by atoms with Gasteiger partial charge in [-0.25, -0.2) is 14.2 Å². The molecule has 0 unspecified atom stereocenters. The van der Waals surface area contributed by atoms with Crippen molar-refractivity contribution in [3.63, 3.8) is 0 Å². The minimum atomic E-state index is -0.641. The Balaban J connectivity index is 1.48. The number of methoxy groups -OCH3 is 1. The lowest BCUT2D eigenvalue weighted by atomic mass is 9.89. The fourth-order valence-corrected chi connectivity index (χ4v) is 5.27. The molecule has 1 N–H and O–H groups in total. The van der Waals surface area contributed by atoms with Gasteiger partial charge in [0, 0.05) is 29.8 Å². The highest BCUT2D eigenvalue weighted by atomic mass is 19.1. The smallest absolute Gasteiger partial charge is 0.439 e. The van der Waals surface area contributed by atoms with Crippen LogP contribution in [-0.2, 0) is 19.4 Å². The highest BCUT2D eigenvalue weighted by molar-refractivity contribution is 5.99. The molecule has 2 aromatic carbocycles. The molecule has 0 saturated carbocycles. The van der Waals surface area contributed by atoms with Crippen molar-refractivity contribution in [2.45, 2.75) is 39.7 Å². The van der Waals surface area contributed by atoms with Gasteiger partial charge in [-0.05, 0) is 59.9 Å². The van der Waals surface area contributed by atoms with E-state index in [4.69, 9.17) is 19.0 Å². The van der Waals surface area contributed by atoms with Crippen LogP contribution in [0, 0.1) is 5.82 Å². The quantitative estimate of drug-likeness (QED) is 0.311. The Bertz CT molecular complexity index is 1800. The summed E-state index contributed by atoms with van der Waals surface area (Å²) in [7, 11) is 1.65. The van der Waals surface area contributed by atoms with Gasteiger partial charge in [0.15, 0.2) is 17.2 Å². The van der Waals surface area contributed by atoms with Gasteiger partial charge in [-0.3, -0.25) is 9.51 Å². The first kappa shape index (κ1) is 24.7. The number of rotatable bonds is 6. The summed E-state index contributed by atoms with van der Waals surface area (Å²) in [6.07, 6.45) is 4.51. The van der Waals surface area contributed by atoms with Gasteiger partial charge in [0.1, 0.15) is 18.2 Å². The first-order valence-electron chi connectivity index (χ1n) is 12.8. The molecule has 8 nitrogen and oxygen atoms in total. The molecule has 39 heavy (non-hydrogen) atoms. The lowest BCUT2D eigenvalue weighted by Crippen LogP contribution is -2.03. The summed E-state index contributed by atoms with van der Waals surface area (Å²) in [4.78, 5) is 19.2. The van der Waals surface area contributed by atoms with Crippen LogP contribution >= 0.6 is 0 Å². The predicted molar refractivity (Wildman–Crippen MR) is 144 cm³/mol. The molecule has 1 aliphatic rings. The number of aromatic amines is 1. The Labute approximate surface area is 223 Å². The number of aryl methyl sites for hydroxylation is 1. The van der Waals surface area contributed by atoms with Gasteiger partial charge >= 0.3 is 5.76 Å². The fourth-order valence-electron chi connectivity index (χ4n) is 5.27. The maximum absolute atomic E-state index is 14.2. The molecule has 4 heterocycles. The third-order valence-electron chi connectivity index (χ3n) is 7.08. The van der Waals surface area contributed by atoms with E-state index in [0.29, 0.717) is 29.1 Å². The lowest BCUT2D eigenvalue weighted by molar-refractivity contribution is 0.305. The van der Waals surface area contributed by atoms with E-state index in [-0.39, 0.29) is 6.61 Å². The number of allylic oxidation sites excluding steroid dienone is 1. The Hall–Kier alpha value is -4.66. The average Bonchev–Trinajstić information content (AvgIpc) is 3.48. The Morgan fingerprint density at radius 2 is 2.03 bits per heavy atom. The molecular weight excluding hydrogens is 499 g/mol. The first-order valence-corrected chi connectivity index (χ1v) is 12.8. The standard InChI is InChI=1S/C30H27FN4O4/c1-4-6-23-24(35-12-5-7-25(37-3)29(35)32-23)14-18-8-10-21-19(13-18)16-38-26-15-20(31)9-11-22(26)27(21)17(2)28-33-30(36)39-34-28/h5,7-13,15H,4,6,14,16H2,1-3H3,(H,33,34,36). The molecule has 0 bridgehead atoms. The van der Waals surface area contributed by atoms with Crippen molar-refractivity contribution in [1.82, 2.24) is 19.5 Å². The highest BCUT2D eigenvalue weighted by Crippen LogP contribution is 2.41. The normalized spacial score (nSPS) is 13.9. The van der Waals surface area contributed by atoms with Gasteiger partial charge in [-0.15, -0.1) is 0 Å². The molecule has 3 aromatic heterocycles. The van der Waals surface area contributed by atoms with Gasteiger partial charge in [0.25, 0.3) is 0 Å². The van der Waals surface area contributed by atoms with E-state index in [1.165, 1.54) is 12.1 Å². The number of imidazole rings is 1. The molecule has 5 aromatic rings. The van der Waals surface area contributed by atoms with E-state index in [2.05, 4.69) is 33.6 Å². The summed E-state index contributed by atoms with van der Waals surface area (Å²) in [6.45, 7) is 4.25. The van der Waals surface area contributed by atoms with Crippen LogP contribution in [0.1, 0.15) is 59.7 Å². The molecular formula is C30H27FN4O4. The van der Waals surface area contributed by atoms with Gasteiger partial charge in [0.2, 0.25) is 0 Å². The van der Waals surface area contributed by atoms with Gasteiger partial charge in [-0.1, -0.05) is 36.7 Å². The van der Waals surface area contributed by atoms with Crippen molar-refractivity contribution in [3.05, 3.63) is 111 Å². The van der Waals surface area contributed by atoms with Crippen LogP contribution in [0.25, 0.3) is 16.8 Å². The van der Waals surface area contributed by atoms with Crippen molar-refractivity contribution >= 4 is 16.8 Å². The molecule has 0 saturated heterocycles. The zero-order valence-electron chi connectivity index (χ0n) is 21.9. The number of nitrogens with one attached hydrogen (secondary N) is 1. The average molecular weight is 527 g/mol. The maximum Gasteiger partial charge on any atom is 0.439 e. The largest absolute Gasteiger partial charge is 0.493 e. The molecule has 0 atom stereocenters. The number of nitrogens with zero attached hydrogens (tertiary/aromatic N) is 3. The Morgan fingerprint density at radius 3 is 2.79 bits per heavy atom. The molecule has 9 heteroatoms. The summed E-state index contributed by atoms with van der Waals surface area (Å²) < 4.78 is 32.7. The van der Waals surface area contributed by atoms with E-state index >= 15 is 0 Å². The molecule has 6 rings (SSSR count). The van der Waals surface area contributed by atoms with Gasteiger partial charge < -0.3 is 13.9 Å². The van der Waals surface area contributed by atoms with Crippen molar-refractivity contribution in [1.29, 1.82) is 0 Å². The highest BCUT2D eigenvalue weighted by Gasteiger charge is 2.24. The second-order valence-electron chi connectivity index (χ2n) is 9.57. The third-order valence-corrected chi connectivity index (χ3v) is 7.08. The molecule has 0 spiro atoms. The zero-order valence-corrected chi connectivity index (χ0v) is 21.9. The second-order valence-corrected chi connectivity index (χ2v) is 9.57. The van der Waals surface area contributed by atoms with Crippen molar-refractivity contribution in [3.8, 4) is 11.5 Å². The van der Waals surface area contributed by atoms with Crippen LogP contribution in [0.4, 0.5) is 4.39 Å². The van der Waals surface area contributed by atoms with E-state index in [1.54, 1.807) is 13.2 Å². The summed E-state index contributed by atoms with van der Waals surface area (Å²) in [5.41, 5.74) is 8.09. The predicted octanol–water partition coefficient (Wildman–Crippen LogP) is 5.57. The van der Waals surface area contributed by atoms with Crippen LogP contribution in [0.3, 0.4) is 0 Å². The van der Waals surface area contributed by atoms with Gasteiger partial charge in [0.05, 0.1) is 18.5 Å². The number of hydrogen-bond acceptors (Lipinski definition) is 6. The second kappa shape index (κ2) is 9.90. The molecule has 0 aliphatic carbocycles.